The predicted molar refractivity (Wildman–Crippen MR) is 83.1 cm³/mol. The predicted octanol–water partition coefficient (Wildman–Crippen LogP) is 1.40. The van der Waals surface area contributed by atoms with Crippen molar-refractivity contribution in [3.05, 3.63) is 29.8 Å². The fourth-order valence-electron chi connectivity index (χ4n) is 1.67. The molecule has 0 aliphatic rings. The summed E-state index contributed by atoms with van der Waals surface area (Å²) in [7, 11) is -3.38. The molecule has 0 aliphatic carbocycles. The van der Waals surface area contributed by atoms with Crippen LogP contribution in [0.25, 0.3) is 0 Å². The molecule has 0 saturated carbocycles. The maximum absolute atomic E-state index is 11.8. The van der Waals surface area contributed by atoms with Crippen molar-refractivity contribution in [2.75, 3.05) is 16.4 Å². The summed E-state index contributed by atoms with van der Waals surface area (Å²) in [6, 6.07) is 5.51. The zero-order valence-corrected chi connectivity index (χ0v) is 13.0. The Hall–Kier alpha value is -1.31. The van der Waals surface area contributed by atoms with Crippen molar-refractivity contribution < 1.29 is 18.3 Å². The fraction of sp³-hybridized carbons (Fsp3) is 0.462. The Labute approximate surface area is 129 Å². The highest BCUT2D eigenvalue weighted by molar-refractivity contribution is 7.92. The van der Waals surface area contributed by atoms with Gasteiger partial charge in [-0.2, -0.15) is 0 Å². The number of carbonyl (C=O) groups is 1. The average molecular weight is 335 g/mol. The van der Waals surface area contributed by atoms with Crippen molar-refractivity contribution in [2.45, 2.75) is 25.3 Å². The van der Waals surface area contributed by atoms with Crippen LogP contribution < -0.4 is 10.5 Å². The Kier molecular flexibility index (Phi) is 6.94. The second-order valence-electron chi connectivity index (χ2n) is 4.66. The standard InChI is InChI=1S/C13H19ClN2O4S/c14-7-1-2-8-21(19,20)16-11-5-3-10(4-6-11)9-12(15)13(17)18/h3-6,12,16H,1-2,7-9,15H2,(H,17,18). The van der Waals surface area contributed by atoms with Crippen molar-refractivity contribution >= 4 is 33.3 Å². The molecule has 1 aromatic carbocycles. The van der Waals surface area contributed by atoms with E-state index in [-0.39, 0.29) is 12.2 Å². The van der Waals surface area contributed by atoms with E-state index in [0.29, 0.717) is 24.4 Å². The first kappa shape index (κ1) is 17.7. The molecule has 0 bridgehead atoms. The summed E-state index contributed by atoms with van der Waals surface area (Å²) in [6.45, 7) is 0. The monoisotopic (exact) mass is 334 g/mol. The molecule has 1 aromatic rings. The lowest BCUT2D eigenvalue weighted by molar-refractivity contribution is -0.138. The molecule has 21 heavy (non-hydrogen) atoms. The van der Waals surface area contributed by atoms with Gasteiger partial charge in [0.25, 0.3) is 0 Å². The number of alkyl halides is 1. The van der Waals surface area contributed by atoms with Gasteiger partial charge in [0.1, 0.15) is 6.04 Å². The van der Waals surface area contributed by atoms with Gasteiger partial charge in [-0.15, -0.1) is 11.6 Å². The molecule has 8 heteroatoms. The number of rotatable bonds is 9. The summed E-state index contributed by atoms with van der Waals surface area (Å²) in [5, 5.41) is 8.73. The lowest BCUT2D eigenvalue weighted by atomic mass is 10.1. The molecular formula is C13H19ClN2O4S. The van der Waals surface area contributed by atoms with E-state index >= 15 is 0 Å². The molecule has 118 valence electrons. The number of anilines is 1. The first-order valence-electron chi connectivity index (χ1n) is 6.48. The van der Waals surface area contributed by atoms with Gasteiger partial charge in [0.15, 0.2) is 0 Å². The number of nitrogens with two attached hydrogens (primary N) is 1. The summed E-state index contributed by atoms with van der Waals surface area (Å²) >= 11 is 5.50. The van der Waals surface area contributed by atoms with Crippen molar-refractivity contribution in [3.8, 4) is 0 Å². The van der Waals surface area contributed by atoms with Crippen molar-refractivity contribution in [2.24, 2.45) is 5.73 Å². The topological polar surface area (TPSA) is 109 Å². The first-order valence-corrected chi connectivity index (χ1v) is 8.66. The molecule has 4 N–H and O–H groups in total. The van der Waals surface area contributed by atoms with Gasteiger partial charge in [0, 0.05) is 11.6 Å². The number of aliphatic carboxylic acids is 1. The van der Waals surface area contributed by atoms with Crippen LogP contribution in [-0.2, 0) is 21.2 Å². The average Bonchev–Trinajstić information content (AvgIpc) is 2.40. The molecule has 0 aliphatic heterocycles. The van der Waals surface area contributed by atoms with Crippen LogP contribution in [0, 0.1) is 0 Å². The molecule has 1 atom stereocenters. The van der Waals surface area contributed by atoms with Gasteiger partial charge in [-0.1, -0.05) is 12.1 Å². The highest BCUT2D eigenvalue weighted by Crippen LogP contribution is 2.13. The number of benzene rings is 1. The molecule has 0 heterocycles. The van der Waals surface area contributed by atoms with Gasteiger partial charge >= 0.3 is 5.97 Å². The van der Waals surface area contributed by atoms with E-state index < -0.39 is 22.0 Å². The Morgan fingerprint density at radius 3 is 2.43 bits per heavy atom. The number of hydrogen-bond donors (Lipinski definition) is 3. The van der Waals surface area contributed by atoms with Crippen molar-refractivity contribution in [1.29, 1.82) is 0 Å². The maximum Gasteiger partial charge on any atom is 0.320 e. The number of hydrogen-bond acceptors (Lipinski definition) is 4. The van der Waals surface area contributed by atoms with Gasteiger partial charge in [-0.25, -0.2) is 8.42 Å². The molecule has 0 fully saturated rings. The highest BCUT2D eigenvalue weighted by Gasteiger charge is 2.13. The summed E-state index contributed by atoms with van der Waals surface area (Å²) in [5.41, 5.74) is 6.60. The summed E-state index contributed by atoms with van der Waals surface area (Å²) in [6.07, 6.45) is 1.34. The third-order valence-electron chi connectivity index (χ3n) is 2.80. The third kappa shape index (κ3) is 6.79. The summed E-state index contributed by atoms with van der Waals surface area (Å²) in [4.78, 5) is 10.7. The summed E-state index contributed by atoms with van der Waals surface area (Å²) < 4.78 is 26.0. The Balaban J connectivity index is 2.60. The molecule has 1 rings (SSSR count). The van der Waals surface area contributed by atoms with Gasteiger partial charge in [0.05, 0.1) is 5.75 Å². The molecule has 0 aromatic heterocycles. The molecule has 0 radical (unpaired) electrons. The van der Waals surface area contributed by atoms with Gasteiger partial charge in [-0.05, 0) is 37.0 Å². The first-order chi connectivity index (χ1) is 9.84. The minimum atomic E-state index is -3.38. The molecule has 1 unspecified atom stereocenters. The van der Waals surface area contributed by atoms with E-state index in [0.717, 1.165) is 5.56 Å². The van der Waals surface area contributed by atoms with E-state index in [2.05, 4.69) is 4.72 Å². The van der Waals surface area contributed by atoms with E-state index in [1.54, 1.807) is 24.3 Å². The summed E-state index contributed by atoms with van der Waals surface area (Å²) in [5.74, 6) is -0.613. The van der Waals surface area contributed by atoms with Crippen LogP contribution in [0.3, 0.4) is 0 Å². The van der Waals surface area contributed by atoms with Crippen LogP contribution in [0.15, 0.2) is 24.3 Å². The molecule has 0 saturated heterocycles. The van der Waals surface area contributed by atoms with Crippen LogP contribution in [0.5, 0.6) is 0 Å². The number of nitrogens with one attached hydrogen (secondary N) is 1. The van der Waals surface area contributed by atoms with Crippen LogP contribution in [-0.4, -0.2) is 37.2 Å². The minimum absolute atomic E-state index is 0.0192. The zero-order chi connectivity index (χ0) is 15.9. The van der Waals surface area contributed by atoms with E-state index in [1.807, 2.05) is 0 Å². The highest BCUT2D eigenvalue weighted by atomic mass is 35.5. The SMILES string of the molecule is NC(Cc1ccc(NS(=O)(=O)CCCCCl)cc1)C(=O)O. The quantitative estimate of drug-likeness (QED) is 0.467. The van der Waals surface area contributed by atoms with Gasteiger partial charge in [0.2, 0.25) is 10.0 Å². The minimum Gasteiger partial charge on any atom is -0.480 e. The number of carboxylic acids is 1. The molecule has 0 spiro atoms. The number of sulfonamides is 1. The fourth-order valence-corrected chi connectivity index (χ4v) is 3.04. The van der Waals surface area contributed by atoms with Crippen LogP contribution in [0.1, 0.15) is 18.4 Å². The number of carboxylic acid groups (broad SMARTS) is 1. The van der Waals surface area contributed by atoms with E-state index in [4.69, 9.17) is 22.4 Å². The maximum atomic E-state index is 11.8. The largest absolute Gasteiger partial charge is 0.480 e. The van der Waals surface area contributed by atoms with Crippen LogP contribution in [0.2, 0.25) is 0 Å². The second kappa shape index (κ2) is 8.21. The van der Waals surface area contributed by atoms with Gasteiger partial charge in [-0.3, -0.25) is 9.52 Å². The molecule has 0 amide bonds. The Bertz CT molecular complexity index is 560. The zero-order valence-electron chi connectivity index (χ0n) is 11.5. The normalized spacial score (nSPS) is 12.9. The molecule has 6 nitrogen and oxygen atoms in total. The van der Waals surface area contributed by atoms with Gasteiger partial charge < -0.3 is 10.8 Å². The van der Waals surface area contributed by atoms with E-state index in [1.165, 1.54) is 0 Å². The third-order valence-corrected chi connectivity index (χ3v) is 4.44. The Morgan fingerprint density at radius 2 is 1.90 bits per heavy atom. The lowest BCUT2D eigenvalue weighted by Crippen LogP contribution is -2.32. The van der Waals surface area contributed by atoms with E-state index in [9.17, 15) is 13.2 Å². The smallest absolute Gasteiger partial charge is 0.320 e. The Morgan fingerprint density at radius 1 is 1.29 bits per heavy atom. The number of halogens is 1. The van der Waals surface area contributed by atoms with Crippen molar-refractivity contribution in [3.63, 3.8) is 0 Å². The molecular weight excluding hydrogens is 316 g/mol. The lowest BCUT2D eigenvalue weighted by Gasteiger charge is -2.10. The second-order valence-corrected chi connectivity index (χ2v) is 6.88. The van der Waals surface area contributed by atoms with Crippen molar-refractivity contribution in [1.82, 2.24) is 0 Å². The van der Waals surface area contributed by atoms with Crippen LogP contribution in [0.4, 0.5) is 5.69 Å². The van der Waals surface area contributed by atoms with Crippen LogP contribution >= 0.6 is 11.6 Å². The number of unbranched alkanes of at least 4 members (excludes halogenated alkanes) is 1.